The van der Waals surface area contributed by atoms with Crippen molar-refractivity contribution in [2.75, 3.05) is 13.9 Å². The van der Waals surface area contributed by atoms with E-state index in [0.717, 1.165) is 7.11 Å². The van der Waals surface area contributed by atoms with E-state index in [2.05, 4.69) is 16.1 Å². The van der Waals surface area contributed by atoms with E-state index in [-0.39, 0.29) is 24.3 Å². The number of halogens is 6. The van der Waals surface area contributed by atoms with Gasteiger partial charge in [-0.25, -0.2) is 4.79 Å². The van der Waals surface area contributed by atoms with Crippen LogP contribution in [0.5, 0.6) is 0 Å². The molecule has 0 aromatic carbocycles. The van der Waals surface area contributed by atoms with Crippen LogP contribution < -0.4 is 0 Å². The minimum atomic E-state index is -5.64. The molecule has 0 aromatic heterocycles. The van der Waals surface area contributed by atoms with E-state index < -0.39 is 55.1 Å². The molecule has 0 aromatic rings. The predicted octanol–water partition coefficient (Wildman–Crippen LogP) is 4.39. The van der Waals surface area contributed by atoms with Crippen LogP contribution in [-0.4, -0.2) is 43.9 Å². The van der Waals surface area contributed by atoms with Crippen LogP contribution in [-0.2, 0) is 19.0 Å². The summed E-state index contributed by atoms with van der Waals surface area (Å²) in [6, 6.07) is 0. The Morgan fingerprint density at radius 3 is 2.04 bits per heavy atom. The number of carbonyl (C=O) groups is 1. The second-order valence-corrected chi connectivity index (χ2v) is 7.29. The van der Waals surface area contributed by atoms with Gasteiger partial charge in [-0.3, -0.25) is 0 Å². The molecule has 0 saturated heterocycles. The molecule has 0 heterocycles. The fourth-order valence-corrected chi connectivity index (χ4v) is 4.12. The molecule has 2 bridgehead atoms. The summed E-state index contributed by atoms with van der Waals surface area (Å²) in [6.45, 7) is 3.79. The third kappa shape index (κ3) is 4.26. The Balaban J connectivity index is 2.15. The SMILES string of the molecule is C=C(C)C(=O)OC1CC2CC1CC2CC(OCOC)(C(F)(F)F)C(F)(F)F. The van der Waals surface area contributed by atoms with Gasteiger partial charge in [-0.2, -0.15) is 26.3 Å². The van der Waals surface area contributed by atoms with Gasteiger partial charge in [-0.1, -0.05) is 6.58 Å². The number of methoxy groups -OCH3 is 1. The van der Waals surface area contributed by atoms with E-state index in [1.165, 1.54) is 6.92 Å². The number of fused-ring (bicyclic) bond motifs is 2. The molecule has 0 amide bonds. The molecule has 4 nitrogen and oxygen atoms in total. The van der Waals surface area contributed by atoms with E-state index in [4.69, 9.17) is 4.74 Å². The fourth-order valence-electron chi connectivity index (χ4n) is 4.12. The second kappa shape index (κ2) is 7.62. The maximum Gasteiger partial charge on any atom is 0.426 e. The molecule has 0 N–H and O–H groups in total. The zero-order chi connectivity index (χ0) is 20.6. The molecule has 2 fully saturated rings. The number of hydrogen-bond donors (Lipinski definition) is 0. The van der Waals surface area contributed by atoms with Crippen molar-refractivity contribution in [3.8, 4) is 0 Å². The van der Waals surface area contributed by atoms with Crippen LogP contribution in [0.25, 0.3) is 0 Å². The first-order chi connectivity index (χ1) is 12.3. The lowest BCUT2D eigenvalue weighted by atomic mass is 9.78. The van der Waals surface area contributed by atoms with Crippen molar-refractivity contribution < 1.29 is 45.3 Å². The highest BCUT2D eigenvalue weighted by Crippen LogP contribution is 2.57. The number of esters is 1. The van der Waals surface area contributed by atoms with Crippen LogP contribution in [0.1, 0.15) is 32.6 Å². The van der Waals surface area contributed by atoms with Gasteiger partial charge < -0.3 is 14.2 Å². The van der Waals surface area contributed by atoms with E-state index >= 15 is 0 Å². The Morgan fingerprint density at radius 2 is 1.63 bits per heavy atom. The average molecular weight is 404 g/mol. The molecule has 27 heavy (non-hydrogen) atoms. The van der Waals surface area contributed by atoms with Gasteiger partial charge in [-0.05, 0) is 50.4 Å². The summed E-state index contributed by atoms with van der Waals surface area (Å²) in [5.74, 6) is -2.10. The van der Waals surface area contributed by atoms with Crippen LogP contribution in [0.15, 0.2) is 12.2 Å². The number of rotatable bonds is 7. The normalized spacial score (nSPS) is 28.4. The van der Waals surface area contributed by atoms with Gasteiger partial charge in [0.05, 0.1) is 0 Å². The minimum Gasteiger partial charge on any atom is -0.459 e. The van der Waals surface area contributed by atoms with Crippen LogP contribution in [0.3, 0.4) is 0 Å². The number of ether oxygens (including phenoxy) is 3. The summed E-state index contributed by atoms with van der Waals surface area (Å²) in [5.41, 5.74) is -4.09. The summed E-state index contributed by atoms with van der Waals surface area (Å²) in [4.78, 5) is 11.6. The van der Waals surface area contributed by atoms with Crippen molar-refractivity contribution >= 4 is 5.97 Å². The molecule has 4 atom stereocenters. The second-order valence-electron chi connectivity index (χ2n) is 7.29. The largest absolute Gasteiger partial charge is 0.459 e. The lowest BCUT2D eigenvalue weighted by Gasteiger charge is -2.40. The smallest absolute Gasteiger partial charge is 0.426 e. The Hall–Kier alpha value is -1.29. The maximum atomic E-state index is 13.4. The molecular weight excluding hydrogens is 382 g/mol. The van der Waals surface area contributed by atoms with Gasteiger partial charge >= 0.3 is 18.3 Å². The van der Waals surface area contributed by atoms with Gasteiger partial charge in [0.2, 0.25) is 0 Å². The van der Waals surface area contributed by atoms with E-state index in [1.54, 1.807) is 0 Å². The zero-order valence-corrected chi connectivity index (χ0v) is 15.0. The summed E-state index contributed by atoms with van der Waals surface area (Å²) in [7, 11) is 0.954. The van der Waals surface area contributed by atoms with Gasteiger partial charge in [-0.15, -0.1) is 0 Å². The lowest BCUT2D eigenvalue weighted by Crippen LogP contribution is -2.60. The first kappa shape index (κ1) is 22.0. The number of hydrogen-bond acceptors (Lipinski definition) is 4. The van der Waals surface area contributed by atoms with Gasteiger partial charge in [0.25, 0.3) is 5.60 Å². The highest BCUT2D eigenvalue weighted by Gasteiger charge is 2.73. The highest BCUT2D eigenvalue weighted by molar-refractivity contribution is 5.87. The Kier molecular flexibility index (Phi) is 6.21. The fraction of sp³-hybridized carbons (Fsp3) is 0.824. The van der Waals surface area contributed by atoms with E-state index in [9.17, 15) is 31.1 Å². The van der Waals surface area contributed by atoms with Crippen LogP contribution >= 0.6 is 0 Å². The number of alkyl halides is 6. The van der Waals surface area contributed by atoms with Gasteiger partial charge in [0.15, 0.2) is 0 Å². The Morgan fingerprint density at radius 1 is 1.04 bits per heavy atom. The first-order valence-corrected chi connectivity index (χ1v) is 8.45. The van der Waals surface area contributed by atoms with Crippen molar-refractivity contribution in [3.05, 3.63) is 12.2 Å². The molecule has 10 heteroatoms. The topological polar surface area (TPSA) is 44.8 Å². The third-order valence-electron chi connectivity index (χ3n) is 5.43. The highest BCUT2D eigenvalue weighted by atomic mass is 19.4. The molecular formula is C17H22F6O4. The van der Waals surface area contributed by atoms with Crippen molar-refractivity contribution in [3.63, 3.8) is 0 Å². The molecule has 2 rings (SSSR count). The molecule has 2 saturated carbocycles. The molecule has 0 spiro atoms. The molecule has 2 aliphatic rings. The Labute approximate surface area is 152 Å². The van der Waals surface area contributed by atoms with Crippen LogP contribution in [0.2, 0.25) is 0 Å². The lowest BCUT2D eigenvalue weighted by molar-refractivity contribution is -0.397. The molecule has 2 aliphatic carbocycles. The Bertz CT molecular complexity index is 557. The first-order valence-electron chi connectivity index (χ1n) is 8.45. The quantitative estimate of drug-likeness (QED) is 0.273. The van der Waals surface area contributed by atoms with E-state index in [0.29, 0.717) is 6.42 Å². The molecule has 4 unspecified atom stereocenters. The van der Waals surface area contributed by atoms with Crippen molar-refractivity contribution in [2.45, 2.75) is 56.7 Å². The van der Waals surface area contributed by atoms with Crippen LogP contribution in [0.4, 0.5) is 26.3 Å². The van der Waals surface area contributed by atoms with Crippen molar-refractivity contribution in [1.29, 1.82) is 0 Å². The molecule has 156 valence electrons. The predicted molar refractivity (Wildman–Crippen MR) is 81.4 cm³/mol. The maximum absolute atomic E-state index is 13.4. The zero-order valence-electron chi connectivity index (χ0n) is 15.0. The third-order valence-corrected chi connectivity index (χ3v) is 5.43. The van der Waals surface area contributed by atoms with Crippen molar-refractivity contribution in [2.24, 2.45) is 17.8 Å². The van der Waals surface area contributed by atoms with Crippen molar-refractivity contribution in [1.82, 2.24) is 0 Å². The summed E-state index contributed by atoms with van der Waals surface area (Å²) in [6.07, 6.45) is -12.2. The minimum absolute atomic E-state index is 0.114. The summed E-state index contributed by atoms with van der Waals surface area (Å²) >= 11 is 0. The van der Waals surface area contributed by atoms with Gasteiger partial charge in [0.1, 0.15) is 12.9 Å². The standard InChI is InChI=1S/C17H22F6O4/c1-9(2)14(24)27-13-6-10-4-11(13)5-12(10)7-15(16(18,19)20,17(21,22)23)26-8-25-3/h10-13H,1,4-8H2,2-3H3. The summed E-state index contributed by atoms with van der Waals surface area (Å²) < 4.78 is 94.5. The average Bonchev–Trinajstić information content (AvgIpc) is 3.08. The monoisotopic (exact) mass is 404 g/mol. The van der Waals surface area contributed by atoms with Gasteiger partial charge in [0, 0.05) is 12.7 Å². The summed E-state index contributed by atoms with van der Waals surface area (Å²) in [5, 5.41) is 0. The molecule has 0 aliphatic heterocycles. The van der Waals surface area contributed by atoms with E-state index in [1.807, 2.05) is 0 Å². The molecule has 0 radical (unpaired) electrons. The number of carbonyl (C=O) groups excluding carboxylic acids is 1. The van der Waals surface area contributed by atoms with Crippen LogP contribution in [0, 0.1) is 17.8 Å².